The molecule has 0 bridgehead atoms. The molecule has 25 heavy (non-hydrogen) atoms. The molecule has 0 saturated carbocycles. The zero-order valence-corrected chi connectivity index (χ0v) is 15.0. The first-order chi connectivity index (χ1) is 12.1. The van der Waals surface area contributed by atoms with E-state index in [1.54, 1.807) is 22.5 Å². The van der Waals surface area contributed by atoms with E-state index in [1.165, 1.54) is 0 Å². The summed E-state index contributed by atoms with van der Waals surface area (Å²) >= 11 is 0. The smallest absolute Gasteiger partial charge is 0.264 e. The van der Waals surface area contributed by atoms with Crippen LogP contribution in [0.1, 0.15) is 25.3 Å². The summed E-state index contributed by atoms with van der Waals surface area (Å²) in [7, 11) is -3.67. The Morgan fingerprint density at radius 2 is 1.80 bits per heavy atom. The molecule has 6 heteroatoms. The summed E-state index contributed by atoms with van der Waals surface area (Å²) in [5.41, 5.74) is 1.84. The van der Waals surface area contributed by atoms with Crippen molar-refractivity contribution < 1.29 is 17.9 Å². The van der Waals surface area contributed by atoms with Crippen LogP contribution in [0.15, 0.2) is 47.4 Å². The van der Waals surface area contributed by atoms with E-state index in [0.29, 0.717) is 24.7 Å². The molecule has 0 radical (unpaired) electrons. The lowest BCUT2D eigenvalue weighted by Crippen LogP contribution is -2.42. The summed E-state index contributed by atoms with van der Waals surface area (Å²) in [6.07, 6.45) is 2.48. The van der Waals surface area contributed by atoms with E-state index in [-0.39, 0.29) is 10.9 Å². The van der Waals surface area contributed by atoms with E-state index in [1.807, 2.05) is 31.2 Å². The van der Waals surface area contributed by atoms with Crippen LogP contribution in [0.25, 0.3) is 0 Å². The predicted octanol–water partition coefficient (Wildman–Crippen LogP) is 3.38. The quantitative estimate of drug-likeness (QED) is 0.825. The number of hydrogen-bond acceptors (Lipinski definition) is 4. The van der Waals surface area contributed by atoms with E-state index in [0.717, 1.165) is 30.5 Å². The van der Waals surface area contributed by atoms with Gasteiger partial charge in [-0.3, -0.25) is 4.31 Å². The number of hydrogen-bond donors (Lipinski definition) is 0. The van der Waals surface area contributed by atoms with Crippen LogP contribution in [-0.4, -0.2) is 27.7 Å². The summed E-state index contributed by atoms with van der Waals surface area (Å²) < 4.78 is 39.5. The lowest BCUT2D eigenvalue weighted by molar-refractivity contribution is 0.297. The molecule has 2 aromatic rings. The highest BCUT2D eigenvalue weighted by Gasteiger charge is 2.34. The van der Waals surface area contributed by atoms with Crippen molar-refractivity contribution in [2.75, 3.05) is 17.5 Å². The second-order valence-electron chi connectivity index (χ2n) is 6.48. The van der Waals surface area contributed by atoms with Gasteiger partial charge < -0.3 is 9.47 Å². The average molecular weight is 359 g/mol. The maximum atomic E-state index is 13.4. The summed E-state index contributed by atoms with van der Waals surface area (Å²) in [6, 6.07) is 12.5. The second kappa shape index (κ2) is 6.26. The highest BCUT2D eigenvalue weighted by Crippen LogP contribution is 2.38. The van der Waals surface area contributed by atoms with Crippen molar-refractivity contribution in [2.24, 2.45) is 0 Å². The molecule has 2 aromatic carbocycles. The Hall–Kier alpha value is -2.21. The molecule has 0 spiro atoms. The number of ether oxygens (including phenoxy) is 2. The second-order valence-corrected chi connectivity index (χ2v) is 8.29. The largest absolute Gasteiger partial charge is 0.490 e. The first kappa shape index (κ1) is 16.3. The third-order valence-corrected chi connectivity index (χ3v) is 6.66. The number of rotatable bonds is 2. The number of benzene rings is 2. The summed E-state index contributed by atoms with van der Waals surface area (Å²) in [4.78, 5) is 0.236. The highest BCUT2D eigenvalue weighted by atomic mass is 32.2. The van der Waals surface area contributed by atoms with Gasteiger partial charge in [-0.15, -0.1) is 0 Å². The third kappa shape index (κ3) is 2.84. The molecule has 5 nitrogen and oxygen atoms in total. The maximum absolute atomic E-state index is 13.4. The maximum Gasteiger partial charge on any atom is 0.264 e. The molecule has 0 aromatic heterocycles. The number of anilines is 1. The van der Waals surface area contributed by atoms with Crippen LogP contribution in [0.3, 0.4) is 0 Å². The molecule has 2 heterocycles. The van der Waals surface area contributed by atoms with Crippen molar-refractivity contribution in [2.45, 2.75) is 37.1 Å². The molecular formula is C19H21NO4S. The van der Waals surface area contributed by atoms with Crippen LogP contribution in [0.4, 0.5) is 5.69 Å². The van der Waals surface area contributed by atoms with Crippen molar-refractivity contribution in [1.82, 2.24) is 0 Å². The van der Waals surface area contributed by atoms with Gasteiger partial charge >= 0.3 is 0 Å². The molecular weight excluding hydrogens is 338 g/mol. The van der Waals surface area contributed by atoms with E-state index in [2.05, 4.69) is 0 Å². The Balaban J connectivity index is 1.79. The monoisotopic (exact) mass is 359 g/mol. The fourth-order valence-corrected chi connectivity index (χ4v) is 5.18. The zero-order valence-electron chi connectivity index (χ0n) is 14.1. The minimum atomic E-state index is -3.67. The summed E-state index contributed by atoms with van der Waals surface area (Å²) in [5.74, 6) is 1.10. The van der Waals surface area contributed by atoms with Gasteiger partial charge in [0.15, 0.2) is 11.5 Å². The molecule has 2 aliphatic rings. The molecule has 0 amide bonds. The predicted molar refractivity (Wildman–Crippen MR) is 95.9 cm³/mol. The minimum absolute atomic E-state index is 0.0871. The first-order valence-corrected chi connectivity index (χ1v) is 10.0. The Morgan fingerprint density at radius 3 is 2.64 bits per heavy atom. The lowest BCUT2D eigenvalue weighted by Gasteiger charge is -2.36. The van der Waals surface area contributed by atoms with E-state index < -0.39 is 10.0 Å². The number of aryl methyl sites for hydroxylation is 1. The fraction of sp³-hybridized carbons (Fsp3) is 0.368. The van der Waals surface area contributed by atoms with Gasteiger partial charge in [-0.2, -0.15) is 0 Å². The van der Waals surface area contributed by atoms with E-state index in [9.17, 15) is 8.42 Å². The molecule has 0 fully saturated rings. The van der Waals surface area contributed by atoms with E-state index >= 15 is 0 Å². The van der Waals surface area contributed by atoms with Crippen LogP contribution in [0, 0.1) is 0 Å². The van der Waals surface area contributed by atoms with Gasteiger partial charge in [-0.1, -0.05) is 18.2 Å². The Bertz CT molecular complexity index is 894. The molecule has 0 aliphatic carbocycles. The standard InChI is InChI=1S/C19H21NO4S/c1-14-7-8-15-5-2-3-6-17(15)20(14)25(21,22)16-9-10-18-19(13-16)24-12-4-11-23-18/h2-3,5-6,9-10,13-14H,4,7-8,11-12H2,1H3/t14-/m1/s1. The average Bonchev–Trinajstić information content (AvgIpc) is 2.86. The van der Waals surface area contributed by atoms with Gasteiger partial charge in [0.05, 0.1) is 23.8 Å². The Kier molecular flexibility index (Phi) is 4.07. The molecule has 132 valence electrons. The van der Waals surface area contributed by atoms with Gasteiger partial charge in [-0.25, -0.2) is 8.42 Å². The summed E-state index contributed by atoms with van der Waals surface area (Å²) in [5, 5.41) is 0. The van der Waals surface area contributed by atoms with E-state index in [4.69, 9.17) is 9.47 Å². The Morgan fingerprint density at radius 1 is 1.04 bits per heavy atom. The van der Waals surface area contributed by atoms with Crippen LogP contribution in [-0.2, 0) is 16.4 Å². The molecule has 2 aliphatic heterocycles. The first-order valence-electron chi connectivity index (χ1n) is 8.59. The van der Waals surface area contributed by atoms with Gasteiger partial charge in [-0.05, 0) is 43.5 Å². The van der Waals surface area contributed by atoms with Crippen molar-refractivity contribution >= 4 is 15.7 Å². The topological polar surface area (TPSA) is 55.8 Å². The van der Waals surface area contributed by atoms with Gasteiger partial charge in [0.1, 0.15) is 0 Å². The molecule has 0 saturated heterocycles. The van der Waals surface area contributed by atoms with Crippen LogP contribution in [0.5, 0.6) is 11.5 Å². The molecule has 1 atom stereocenters. The van der Waals surface area contributed by atoms with Crippen molar-refractivity contribution in [3.8, 4) is 11.5 Å². The number of nitrogens with zero attached hydrogens (tertiary/aromatic N) is 1. The molecule has 4 rings (SSSR count). The van der Waals surface area contributed by atoms with Gasteiger partial charge in [0.25, 0.3) is 10.0 Å². The summed E-state index contributed by atoms with van der Waals surface area (Å²) in [6.45, 7) is 3.06. The van der Waals surface area contributed by atoms with Crippen molar-refractivity contribution in [3.63, 3.8) is 0 Å². The lowest BCUT2D eigenvalue weighted by atomic mass is 9.99. The minimum Gasteiger partial charge on any atom is -0.490 e. The van der Waals surface area contributed by atoms with Crippen LogP contribution < -0.4 is 13.8 Å². The normalized spacial score (nSPS) is 19.9. The number of para-hydroxylation sites is 1. The Labute approximate surface area is 148 Å². The van der Waals surface area contributed by atoms with Gasteiger partial charge in [0, 0.05) is 18.5 Å². The zero-order chi connectivity index (χ0) is 17.4. The fourth-order valence-electron chi connectivity index (χ4n) is 3.44. The number of fused-ring (bicyclic) bond motifs is 2. The SMILES string of the molecule is C[C@@H]1CCc2ccccc2N1S(=O)(=O)c1ccc2c(c1)OCCCO2. The van der Waals surface area contributed by atoms with Crippen molar-refractivity contribution in [1.29, 1.82) is 0 Å². The van der Waals surface area contributed by atoms with Gasteiger partial charge in [0.2, 0.25) is 0 Å². The highest BCUT2D eigenvalue weighted by molar-refractivity contribution is 7.92. The molecule has 0 N–H and O–H groups in total. The third-order valence-electron chi connectivity index (χ3n) is 4.74. The van der Waals surface area contributed by atoms with Crippen LogP contribution >= 0.6 is 0 Å². The van der Waals surface area contributed by atoms with Crippen LogP contribution in [0.2, 0.25) is 0 Å². The number of sulfonamides is 1. The molecule has 0 unspecified atom stereocenters. The van der Waals surface area contributed by atoms with Crippen molar-refractivity contribution in [3.05, 3.63) is 48.0 Å².